The molecule has 0 atom stereocenters. The lowest BCUT2D eigenvalue weighted by Gasteiger charge is -2.11. The minimum atomic E-state index is -4.76. The smallest absolute Gasteiger partial charge is 0.324 e. The van der Waals surface area contributed by atoms with Crippen LogP contribution < -0.4 is 5.73 Å². The summed E-state index contributed by atoms with van der Waals surface area (Å²) in [5, 5.41) is 0. The van der Waals surface area contributed by atoms with Gasteiger partial charge in [-0.2, -0.15) is 13.2 Å². The predicted octanol–water partition coefficient (Wildman–Crippen LogP) is 1.99. The number of ketones is 1. The molecule has 2 N–H and O–H groups in total. The van der Waals surface area contributed by atoms with Crippen LogP contribution >= 0.6 is 0 Å². The minimum absolute atomic E-state index is 0.281. The fourth-order valence-corrected chi connectivity index (χ4v) is 1.10. The third kappa shape index (κ3) is 2.53. The highest BCUT2D eigenvalue weighted by molar-refractivity contribution is 5.99. The average molecular weight is 221 g/mol. The Morgan fingerprint density at radius 1 is 1.33 bits per heavy atom. The van der Waals surface area contributed by atoms with E-state index in [1.165, 1.54) is 0 Å². The van der Waals surface area contributed by atoms with Gasteiger partial charge >= 0.3 is 6.18 Å². The molecule has 0 unspecified atom stereocenters. The van der Waals surface area contributed by atoms with Gasteiger partial charge in [-0.05, 0) is 18.2 Å². The Morgan fingerprint density at radius 2 is 1.93 bits per heavy atom. The van der Waals surface area contributed by atoms with Crippen molar-refractivity contribution in [3.8, 4) is 0 Å². The Labute approximate surface area is 82.7 Å². The molecule has 0 aliphatic rings. The zero-order valence-electron chi connectivity index (χ0n) is 7.44. The first-order chi connectivity index (χ1) is 6.86. The second-order valence-corrected chi connectivity index (χ2v) is 2.81. The molecule has 2 nitrogen and oxygen atoms in total. The quantitative estimate of drug-likeness (QED) is 0.613. The van der Waals surface area contributed by atoms with Crippen LogP contribution in [0.5, 0.6) is 0 Å². The van der Waals surface area contributed by atoms with Crippen molar-refractivity contribution in [2.45, 2.75) is 6.18 Å². The van der Waals surface area contributed by atoms with Crippen molar-refractivity contribution in [3.05, 3.63) is 35.1 Å². The van der Waals surface area contributed by atoms with Crippen LogP contribution in [-0.2, 0) is 6.18 Å². The molecular formula is C9H7F4NO. The predicted molar refractivity (Wildman–Crippen MR) is 44.8 cm³/mol. The first-order valence-electron chi connectivity index (χ1n) is 3.96. The van der Waals surface area contributed by atoms with Gasteiger partial charge in [-0.15, -0.1) is 0 Å². The second kappa shape index (κ2) is 3.98. The maximum Gasteiger partial charge on any atom is 0.417 e. The summed E-state index contributed by atoms with van der Waals surface area (Å²) in [7, 11) is 0. The van der Waals surface area contributed by atoms with Crippen molar-refractivity contribution in [2.75, 3.05) is 6.54 Å². The molecule has 1 rings (SSSR count). The summed E-state index contributed by atoms with van der Waals surface area (Å²) in [6.07, 6.45) is -4.76. The van der Waals surface area contributed by atoms with Crippen LogP contribution in [-0.4, -0.2) is 12.3 Å². The van der Waals surface area contributed by atoms with Gasteiger partial charge in [0.1, 0.15) is 5.82 Å². The topological polar surface area (TPSA) is 43.1 Å². The normalized spacial score (nSPS) is 11.5. The molecule has 0 aliphatic carbocycles. The molecule has 1 aromatic carbocycles. The number of Topliss-reactive ketones (excluding diaryl/α,β-unsaturated/α-hetero) is 1. The number of rotatable bonds is 2. The minimum Gasteiger partial charge on any atom is -0.324 e. The average Bonchev–Trinajstić information content (AvgIpc) is 2.15. The maximum atomic E-state index is 12.6. The molecule has 0 saturated heterocycles. The molecule has 6 heteroatoms. The molecule has 0 heterocycles. The number of nitrogens with two attached hydrogens (primary N) is 1. The number of alkyl halides is 3. The molecule has 0 fully saturated rings. The summed E-state index contributed by atoms with van der Waals surface area (Å²) in [4.78, 5) is 11.0. The molecule has 0 bridgehead atoms. The Kier molecular flexibility index (Phi) is 3.09. The number of benzene rings is 1. The molecule has 15 heavy (non-hydrogen) atoms. The third-order valence-corrected chi connectivity index (χ3v) is 1.77. The van der Waals surface area contributed by atoms with Gasteiger partial charge in [0.15, 0.2) is 5.78 Å². The number of carbonyl (C=O) groups excluding carboxylic acids is 1. The second-order valence-electron chi connectivity index (χ2n) is 2.81. The lowest BCUT2D eigenvalue weighted by atomic mass is 10.0. The van der Waals surface area contributed by atoms with Gasteiger partial charge in [0.05, 0.1) is 12.1 Å². The Hall–Kier alpha value is -1.43. The van der Waals surface area contributed by atoms with E-state index < -0.39 is 35.4 Å². The lowest BCUT2D eigenvalue weighted by molar-refractivity contribution is -0.138. The summed E-state index contributed by atoms with van der Waals surface area (Å²) in [6, 6.07) is 1.86. The van der Waals surface area contributed by atoms with Gasteiger partial charge in [0, 0.05) is 5.56 Å². The molecular weight excluding hydrogens is 214 g/mol. The van der Waals surface area contributed by atoms with E-state index >= 15 is 0 Å². The van der Waals surface area contributed by atoms with E-state index in [1.54, 1.807) is 0 Å². The zero-order valence-corrected chi connectivity index (χ0v) is 7.44. The lowest BCUT2D eigenvalue weighted by Crippen LogP contribution is -2.19. The monoisotopic (exact) mass is 221 g/mol. The first-order valence-corrected chi connectivity index (χ1v) is 3.96. The summed E-state index contributed by atoms with van der Waals surface area (Å²) in [5.74, 6) is -1.92. The maximum absolute atomic E-state index is 12.6. The van der Waals surface area contributed by atoms with Gasteiger partial charge in [0.2, 0.25) is 0 Å². The summed E-state index contributed by atoms with van der Waals surface area (Å²) < 4.78 is 49.7. The third-order valence-electron chi connectivity index (χ3n) is 1.77. The van der Waals surface area contributed by atoms with Gasteiger partial charge in [-0.1, -0.05) is 0 Å². The van der Waals surface area contributed by atoms with Crippen LogP contribution in [0.1, 0.15) is 15.9 Å². The van der Waals surface area contributed by atoms with E-state index in [1.807, 2.05) is 0 Å². The highest BCUT2D eigenvalue weighted by Gasteiger charge is 2.35. The number of hydrogen-bond donors (Lipinski definition) is 1. The standard InChI is InChI=1S/C9H7F4NO/c10-5-1-2-6(8(15)4-14)7(3-5)9(11,12)13/h1-3H,4,14H2. The van der Waals surface area contributed by atoms with Crippen LogP contribution in [0.3, 0.4) is 0 Å². The summed E-state index contributed by atoms with van der Waals surface area (Å²) in [6.45, 7) is -0.547. The molecule has 0 aliphatic heterocycles. The van der Waals surface area contributed by atoms with Crippen LogP contribution in [0, 0.1) is 5.82 Å². The Morgan fingerprint density at radius 3 is 2.40 bits per heavy atom. The molecule has 1 aromatic rings. The molecule has 82 valence electrons. The summed E-state index contributed by atoms with van der Waals surface area (Å²) >= 11 is 0. The largest absolute Gasteiger partial charge is 0.417 e. The van der Waals surface area contributed by atoms with Gasteiger partial charge < -0.3 is 5.73 Å². The van der Waals surface area contributed by atoms with Gasteiger partial charge in [-0.3, -0.25) is 4.79 Å². The molecule has 0 amide bonds. The fourth-order valence-electron chi connectivity index (χ4n) is 1.10. The number of carbonyl (C=O) groups is 1. The van der Waals surface area contributed by atoms with E-state index in [0.29, 0.717) is 0 Å². The highest BCUT2D eigenvalue weighted by atomic mass is 19.4. The van der Waals surface area contributed by atoms with E-state index in [4.69, 9.17) is 5.73 Å². The molecule has 0 saturated carbocycles. The van der Waals surface area contributed by atoms with Crippen molar-refractivity contribution in [1.29, 1.82) is 0 Å². The zero-order chi connectivity index (χ0) is 11.6. The van der Waals surface area contributed by atoms with Crippen LogP contribution in [0.15, 0.2) is 18.2 Å². The van der Waals surface area contributed by atoms with E-state index in [2.05, 4.69) is 0 Å². The van der Waals surface area contributed by atoms with Crippen LogP contribution in [0.2, 0.25) is 0 Å². The van der Waals surface area contributed by atoms with Crippen molar-refractivity contribution in [1.82, 2.24) is 0 Å². The van der Waals surface area contributed by atoms with E-state index in [-0.39, 0.29) is 6.07 Å². The fraction of sp³-hybridized carbons (Fsp3) is 0.222. The van der Waals surface area contributed by atoms with Crippen molar-refractivity contribution >= 4 is 5.78 Å². The Balaban J connectivity index is 3.33. The van der Waals surface area contributed by atoms with Crippen molar-refractivity contribution in [3.63, 3.8) is 0 Å². The number of hydrogen-bond acceptors (Lipinski definition) is 2. The van der Waals surface area contributed by atoms with E-state index in [9.17, 15) is 22.4 Å². The Bertz CT molecular complexity index is 386. The molecule has 0 spiro atoms. The van der Waals surface area contributed by atoms with Gasteiger partial charge in [-0.25, -0.2) is 4.39 Å². The number of halogens is 4. The first kappa shape index (κ1) is 11.6. The molecule has 0 radical (unpaired) electrons. The highest BCUT2D eigenvalue weighted by Crippen LogP contribution is 2.32. The van der Waals surface area contributed by atoms with Gasteiger partial charge in [0.25, 0.3) is 0 Å². The van der Waals surface area contributed by atoms with Crippen LogP contribution in [0.25, 0.3) is 0 Å². The summed E-state index contributed by atoms with van der Waals surface area (Å²) in [5.41, 5.74) is 3.04. The van der Waals surface area contributed by atoms with Crippen LogP contribution in [0.4, 0.5) is 17.6 Å². The van der Waals surface area contributed by atoms with Crippen molar-refractivity contribution < 1.29 is 22.4 Å². The molecule has 0 aromatic heterocycles. The van der Waals surface area contributed by atoms with Crippen molar-refractivity contribution in [2.24, 2.45) is 5.73 Å². The van der Waals surface area contributed by atoms with E-state index in [0.717, 1.165) is 12.1 Å². The SMILES string of the molecule is NCC(=O)c1ccc(F)cc1C(F)(F)F.